The zero-order chi connectivity index (χ0) is 12.5. The molecule has 2 aromatic rings. The highest BCUT2D eigenvalue weighted by molar-refractivity contribution is 7.85. The van der Waals surface area contributed by atoms with E-state index in [-0.39, 0.29) is 12.3 Å². The van der Waals surface area contributed by atoms with Crippen molar-refractivity contribution in [2.45, 2.75) is 12.5 Å². The van der Waals surface area contributed by atoms with Gasteiger partial charge in [-0.3, -0.25) is 9.54 Å². The van der Waals surface area contributed by atoms with Gasteiger partial charge in [-0.15, -0.1) is 0 Å². The van der Waals surface area contributed by atoms with E-state index in [2.05, 4.69) is 9.97 Å². The van der Waals surface area contributed by atoms with Gasteiger partial charge in [-0.1, -0.05) is 0 Å². The van der Waals surface area contributed by atoms with Crippen molar-refractivity contribution >= 4 is 21.2 Å². The van der Waals surface area contributed by atoms with Crippen LogP contribution in [0.3, 0.4) is 0 Å². The first-order valence-corrected chi connectivity index (χ1v) is 6.48. The molecule has 2 aromatic heterocycles. The number of hydrogen-bond donors (Lipinski definition) is 2. The van der Waals surface area contributed by atoms with Crippen molar-refractivity contribution in [3.63, 3.8) is 0 Å². The number of fused-ring (bicyclic) bond motifs is 1. The summed E-state index contributed by atoms with van der Waals surface area (Å²) in [5.41, 5.74) is 6.81. The van der Waals surface area contributed by atoms with Gasteiger partial charge in [0.25, 0.3) is 10.1 Å². The van der Waals surface area contributed by atoms with E-state index in [9.17, 15) is 8.42 Å². The fraction of sp³-hybridized carbons (Fsp3) is 0.333. The van der Waals surface area contributed by atoms with Gasteiger partial charge < -0.3 is 10.2 Å². The zero-order valence-electron chi connectivity index (χ0n) is 8.78. The highest BCUT2D eigenvalue weighted by atomic mass is 32.2. The Bertz CT molecular complexity index is 589. The Labute approximate surface area is 97.4 Å². The fourth-order valence-corrected chi connectivity index (χ4v) is 1.91. The van der Waals surface area contributed by atoms with Crippen molar-refractivity contribution in [3.8, 4) is 0 Å². The van der Waals surface area contributed by atoms with Gasteiger partial charge in [0.1, 0.15) is 5.52 Å². The predicted octanol–water partition coefficient (Wildman–Crippen LogP) is 0.500. The van der Waals surface area contributed by atoms with E-state index in [1.807, 2.05) is 0 Å². The number of nitrogens with two attached hydrogens (primary N) is 1. The molecule has 8 heteroatoms. The molecule has 1 atom stereocenters. The molecule has 0 amide bonds. The maximum Gasteiger partial charge on any atom is 0.264 e. The van der Waals surface area contributed by atoms with Crippen LogP contribution in [-0.4, -0.2) is 28.7 Å². The first-order chi connectivity index (χ1) is 7.96. The van der Waals surface area contributed by atoms with Crippen LogP contribution in [0, 0.1) is 0 Å². The molecule has 0 saturated heterocycles. The molecule has 17 heavy (non-hydrogen) atoms. The second-order valence-corrected chi connectivity index (χ2v) is 5.15. The molecule has 0 spiro atoms. The summed E-state index contributed by atoms with van der Waals surface area (Å²) < 4.78 is 35.1. The van der Waals surface area contributed by atoms with Crippen LogP contribution in [0.15, 0.2) is 22.9 Å². The van der Waals surface area contributed by atoms with Crippen molar-refractivity contribution in [2.75, 3.05) is 5.75 Å². The van der Waals surface area contributed by atoms with Crippen molar-refractivity contribution < 1.29 is 17.4 Å². The normalized spacial score (nSPS) is 14.0. The quantitative estimate of drug-likeness (QED) is 0.765. The van der Waals surface area contributed by atoms with Gasteiger partial charge in [0.05, 0.1) is 18.0 Å². The Morgan fingerprint density at radius 1 is 1.53 bits per heavy atom. The number of rotatable bonds is 4. The molecular weight excluding hydrogens is 246 g/mol. The summed E-state index contributed by atoms with van der Waals surface area (Å²) in [6.45, 7) is 0. The minimum atomic E-state index is -4.02. The Hall–Kier alpha value is -1.51. The molecule has 3 N–H and O–H groups in total. The molecule has 0 fully saturated rings. The topological polar surface area (TPSA) is 119 Å². The van der Waals surface area contributed by atoms with E-state index in [1.165, 1.54) is 6.20 Å². The smallest absolute Gasteiger partial charge is 0.264 e. The number of hydrogen-bond acceptors (Lipinski definition) is 6. The Kier molecular flexibility index (Phi) is 3.09. The van der Waals surface area contributed by atoms with Crippen LogP contribution < -0.4 is 5.73 Å². The van der Waals surface area contributed by atoms with Crippen LogP contribution in [0.25, 0.3) is 11.1 Å². The molecule has 0 saturated carbocycles. The summed E-state index contributed by atoms with van der Waals surface area (Å²) >= 11 is 0. The van der Waals surface area contributed by atoms with E-state index >= 15 is 0 Å². The van der Waals surface area contributed by atoms with Crippen molar-refractivity contribution in [1.29, 1.82) is 0 Å². The average molecular weight is 257 g/mol. The largest absolute Gasteiger partial charge is 0.439 e. The van der Waals surface area contributed by atoms with Crippen LogP contribution in [0.1, 0.15) is 18.4 Å². The van der Waals surface area contributed by atoms with E-state index in [4.69, 9.17) is 14.7 Å². The van der Waals surface area contributed by atoms with Gasteiger partial charge in [0.15, 0.2) is 5.58 Å². The molecule has 7 nitrogen and oxygen atoms in total. The fourth-order valence-electron chi connectivity index (χ4n) is 1.36. The molecule has 0 bridgehead atoms. The lowest BCUT2D eigenvalue weighted by molar-refractivity contribution is 0.453. The molecule has 0 aliphatic heterocycles. The summed E-state index contributed by atoms with van der Waals surface area (Å²) in [6, 6.07) is 0.964. The molecular formula is C9H11N3O4S. The highest BCUT2D eigenvalue weighted by Crippen LogP contribution is 2.19. The summed E-state index contributed by atoms with van der Waals surface area (Å²) in [4.78, 5) is 7.95. The third-order valence-corrected chi connectivity index (χ3v) is 2.96. The van der Waals surface area contributed by atoms with Crippen molar-refractivity contribution in [2.24, 2.45) is 5.73 Å². The molecule has 2 rings (SSSR count). The van der Waals surface area contributed by atoms with Gasteiger partial charge in [-0.2, -0.15) is 8.42 Å². The molecule has 0 aliphatic carbocycles. The lowest BCUT2D eigenvalue weighted by Crippen LogP contribution is -2.16. The lowest BCUT2D eigenvalue weighted by atomic mass is 10.2. The molecule has 0 aromatic carbocycles. The van der Waals surface area contributed by atoms with Crippen LogP contribution in [0.5, 0.6) is 0 Å². The summed E-state index contributed by atoms with van der Waals surface area (Å²) in [5.74, 6) is -0.192. The molecule has 2 heterocycles. The first-order valence-electron chi connectivity index (χ1n) is 4.87. The van der Waals surface area contributed by atoms with Gasteiger partial charge in [0, 0.05) is 12.3 Å². The lowest BCUT2D eigenvalue weighted by Gasteiger charge is -2.04. The molecule has 92 valence electrons. The maximum absolute atomic E-state index is 10.6. The number of pyridine rings is 1. The van der Waals surface area contributed by atoms with E-state index in [0.29, 0.717) is 11.1 Å². The summed E-state index contributed by atoms with van der Waals surface area (Å²) in [6.07, 6.45) is 3.12. The Balaban J connectivity index is 2.16. The standard InChI is InChI=1S/C9H11N3O4S/c10-6(2-4-17(13,14)15)9-12-7-5-11-3-1-8(7)16-9/h1,3,5-6H,2,4,10H2,(H,13,14,15). The summed E-state index contributed by atoms with van der Waals surface area (Å²) in [7, 11) is -4.02. The third-order valence-electron chi connectivity index (χ3n) is 2.21. The molecule has 1 unspecified atom stereocenters. The highest BCUT2D eigenvalue weighted by Gasteiger charge is 2.16. The van der Waals surface area contributed by atoms with Gasteiger partial charge in [-0.05, 0) is 6.42 Å². The number of oxazole rings is 1. The molecule has 0 radical (unpaired) electrons. The van der Waals surface area contributed by atoms with Crippen LogP contribution in [0.4, 0.5) is 0 Å². The average Bonchev–Trinajstić information content (AvgIpc) is 2.68. The SMILES string of the molecule is NC(CCS(=O)(=O)O)c1nc2cnccc2o1. The number of nitrogens with zero attached hydrogens (tertiary/aromatic N) is 2. The Morgan fingerprint density at radius 2 is 2.29 bits per heavy atom. The van der Waals surface area contributed by atoms with Crippen LogP contribution in [0.2, 0.25) is 0 Å². The second-order valence-electron chi connectivity index (χ2n) is 3.58. The van der Waals surface area contributed by atoms with Crippen LogP contribution in [-0.2, 0) is 10.1 Å². The first kappa shape index (κ1) is 12.0. The monoisotopic (exact) mass is 257 g/mol. The minimum absolute atomic E-state index is 0.0408. The van der Waals surface area contributed by atoms with E-state index in [1.54, 1.807) is 12.3 Å². The predicted molar refractivity (Wildman–Crippen MR) is 59.8 cm³/mol. The second kappa shape index (κ2) is 4.40. The Morgan fingerprint density at radius 3 is 2.94 bits per heavy atom. The number of aromatic nitrogens is 2. The van der Waals surface area contributed by atoms with Crippen molar-refractivity contribution in [1.82, 2.24) is 9.97 Å². The summed E-state index contributed by atoms with van der Waals surface area (Å²) in [5, 5.41) is 0. The minimum Gasteiger partial charge on any atom is -0.439 e. The van der Waals surface area contributed by atoms with Crippen LogP contribution >= 0.6 is 0 Å². The third kappa shape index (κ3) is 2.99. The van der Waals surface area contributed by atoms with E-state index in [0.717, 1.165) is 0 Å². The van der Waals surface area contributed by atoms with E-state index < -0.39 is 21.9 Å². The maximum atomic E-state index is 10.6. The van der Waals surface area contributed by atoms with Gasteiger partial charge in [-0.25, -0.2) is 4.98 Å². The van der Waals surface area contributed by atoms with Crippen molar-refractivity contribution in [3.05, 3.63) is 24.4 Å². The van der Waals surface area contributed by atoms with Gasteiger partial charge in [0.2, 0.25) is 5.89 Å². The zero-order valence-corrected chi connectivity index (χ0v) is 9.59. The molecule has 0 aliphatic rings. The van der Waals surface area contributed by atoms with Gasteiger partial charge >= 0.3 is 0 Å².